The first kappa shape index (κ1) is 24.1. The van der Waals surface area contributed by atoms with Gasteiger partial charge >= 0.3 is 0 Å². The summed E-state index contributed by atoms with van der Waals surface area (Å²) >= 11 is 0. The number of carbonyl (C=O) groups excluding carboxylic acids is 1. The molecule has 9 heteroatoms. The topological polar surface area (TPSA) is 114 Å². The predicted molar refractivity (Wildman–Crippen MR) is 144 cm³/mol. The second-order valence-electron chi connectivity index (χ2n) is 8.45. The number of amides is 1. The van der Waals surface area contributed by atoms with Gasteiger partial charge in [0.2, 0.25) is 5.95 Å². The highest BCUT2D eigenvalue weighted by molar-refractivity contribution is 7.92. The van der Waals surface area contributed by atoms with Gasteiger partial charge in [-0.15, -0.1) is 0 Å². The molecule has 1 amide bonds. The van der Waals surface area contributed by atoms with Gasteiger partial charge in [0, 0.05) is 28.5 Å². The first-order valence-corrected chi connectivity index (χ1v) is 13.0. The van der Waals surface area contributed by atoms with Crippen molar-refractivity contribution in [2.24, 2.45) is 0 Å². The van der Waals surface area contributed by atoms with Gasteiger partial charge in [-0.05, 0) is 55.8 Å². The molecule has 2 heterocycles. The number of rotatable bonds is 6. The molecule has 8 nitrogen and oxygen atoms in total. The normalized spacial score (nSPS) is 11.3. The highest BCUT2D eigenvalue weighted by atomic mass is 32.2. The number of aryl methyl sites for hydroxylation is 1. The largest absolute Gasteiger partial charge is 0.322 e. The second kappa shape index (κ2) is 9.79. The molecule has 2 N–H and O–H groups in total. The van der Waals surface area contributed by atoms with Crippen molar-refractivity contribution in [1.82, 2.24) is 15.0 Å². The van der Waals surface area contributed by atoms with Gasteiger partial charge in [0.25, 0.3) is 15.9 Å². The molecule has 0 spiro atoms. The number of fused-ring (bicyclic) bond motifs is 1. The molecule has 0 unspecified atom stereocenters. The lowest BCUT2D eigenvalue weighted by Gasteiger charge is -2.15. The number of aromatic nitrogens is 3. The Morgan fingerprint density at radius 3 is 2.24 bits per heavy atom. The number of nitrogens with one attached hydrogen (secondary N) is 2. The Kier molecular flexibility index (Phi) is 6.37. The lowest BCUT2D eigenvalue weighted by Crippen LogP contribution is -2.16. The maximum absolute atomic E-state index is 13.5. The van der Waals surface area contributed by atoms with Crippen LogP contribution in [0.25, 0.3) is 22.2 Å². The van der Waals surface area contributed by atoms with Crippen LogP contribution < -0.4 is 10.0 Å². The fourth-order valence-electron chi connectivity index (χ4n) is 4.07. The molecule has 3 aromatic carbocycles. The minimum atomic E-state index is -3.90. The van der Waals surface area contributed by atoms with Crippen LogP contribution in [0.15, 0.2) is 96.0 Å². The molecular weight excluding hydrogens is 486 g/mol. The number of anilines is 2. The summed E-state index contributed by atoms with van der Waals surface area (Å²) in [6.07, 6.45) is 1.48. The third-order valence-corrected chi connectivity index (χ3v) is 7.20. The third kappa shape index (κ3) is 5.03. The maximum Gasteiger partial charge on any atom is 0.264 e. The average Bonchev–Trinajstić information content (AvgIpc) is 2.89. The van der Waals surface area contributed by atoms with E-state index < -0.39 is 10.0 Å². The van der Waals surface area contributed by atoms with E-state index in [2.05, 4.69) is 20.0 Å². The zero-order valence-corrected chi connectivity index (χ0v) is 21.0. The van der Waals surface area contributed by atoms with Crippen molar-refractivity contribution in [2.75, 3.05) is 10.0 Å². The van der Waals surface area contributed by atoms with Crippen LogP contribution in [0.4, 0.5) is 11.6 Å². The summed E-state index contributed by atoms with van der Waals surface area (Å²) in [7, 11) is -3.90. The summed E-state index contributed by atoms with van der Waals surface area (Å²) in [6.45, 7) is 3.62. The first-order chi connectivity index (χ1) is 17.8. The lowest BCUT2D eigenvalue weighted by molar-refractivity contribution is 0.102. The van der Waals surface area contributed by atoms with Gasteiger partial charge in [-0.2, -0.15) is 0 Å². The van der Waals surface area contributed by atoms with E-state index in [1.165, 1.54) is 18.3 Å². The summed E-state index contributed by atoms with van der Waals surface area (Å²) in [5.41, 5.74) is 4.72. The van der Waals surface area contributed by atoms with Crippen LogP contribution in [0.5, 0.6) is 0 Å². The molecule has 2 aromatic heterocycles. The number of hydrogen-bond acceptors (Lipinski definition) is 6. The predicted octanol–water partition coefficient (Wildman–Crippen LogP) is 5.36. The van der Waals surface area contributed by atoms with Crippen molar-refractivity contribution < 1.29 is 13.2 Å². The van der Waals surface area contributed by atoms with Gasteiger partial charge in [-0.25, -0.2) is 28.1 Å². The number of para-hydroxylation sites is 1. The van der Waals surface area contributed by atoms with E-state index in [-0.39, 0.29) is 16.8 Å². The minimum Gasteiger partial charge on any atom is -0.322 e. The van der Waals surface area contributed by atoms with Crippen molar-refractivity contribution >= 4 is 38.5 Å². The SMILES string of the molecule is Cc1ccnc(NS(=O)(=O)c2ccc(NC(=O)c3c(C)c(-c4ccccc4)nc4ccccc34)cc2)n1. The van der Waals surface area contributed by atoms with Gasteiger partial charge in [0.15, 0.2) is 0 Å². The Labute approximate surface area is 214 Å². The number of nitrogens with zero attached hydrogens (tertiary/aromatic N) is 3. The summed E-state index contributed by atoms with van der Waals surface area (Å²) in [4.78, 5) is 26.3. The molecule has 0 saturated heterocycles. The van der Waals surface area contributed by atoms with Crippen molar-refractivity contribution in [2.45, 2.75) is 18.7 Å². The van der Waals surface area contributed by atoms with Gasteiger partial charge in [-0.1, -0.05) is 48.5 Å². The molecule has 0 radical (unpaired) electrons. The van der Waals surface area contributed by atoms with E-state index >= 15 is 0 Å². The molecule has 0 fully saturated rings. The number of benzene rings is 3. The van der Waals surface area contributed by atoms with Gasteiger partial charge in [-0.3, -0.25) is 4.79 Å². The molecule has 0 aliphatic rings. The van der Waals surface area contributed by atoms with Crippen molar-refractivity contribution in [3.8, 4) is 11.3 Å². The van der Waals surface area contributed by atoms with Crippen LogP contribution in [0.1, 0.15) is 21.6 Å². The Morgan fingerprint density at radius 1 is 0.811 bits per heavy atom. The standard InChI is InChI=1S/C28H23N5O3S/c1-18-16-17-29-28(30-18)33-37(35,36)22-14-12-21(13-15-22)31-27(34)25-19(2)26(20-8-4-3-5-9-20)32-24-11-7-6-10-23(24)25/h3-17H,1-2H3,(H,31,34)(H,29,30,33). The third-order valence-electron chi connectivity index (χ3n) is 5.85. The molecule has 37 heavy (non-hydrogen) atoms. The minimum absolute atomic E-state index is 0.00774. The van der Waals surface area contributed by atoms with E-state index in [1.54, 1.807) is 25.1 Å². The lowest BCUT2D eigenvalue weighted by atomic mass is 9.97. The zero-order valence-electron chi connectivity index (χ0n) is 20.1. The highest BCUT2D eigenvalue weighted by Gasteiger charge is 2.20. The van der Waals surface area contributed by atoms with Crippen LogP contribution in [-0.4, -0.2) is 29.3 Å². The van der Waals surface area contributed by atoms with Gasteiger partial charge in [0.1, 0.15) is 0 Å². The summed E-state index contributed by atoms with van der Waals surface area (Å²) in [6, 6.07) is 24.8. The smallest absolute Gasteiger partial charge is 0.264 e. The van der Waals surface area contributed by atoms with Crippen LogP contribution in [0.3, 0.4) is 0 Å². The van der Waals surface area contributed by atoms with E-state index in [9.17, 15) is 13.2 Å². The van der Waals surface area contributed by atoms with Crippen molar-refractivity contribution in [3.05, 3.63) is 108 Å². The fraction of sp³-hybridized carbons (Fsp3) is 0.0714. The molecule has 5 rings (SSSR count). The molecule has 0 aliphatic carbocycles. The molecular formula is C28H23N5O3S. The van der Waals surface area contributed by atoms with E-state index in [1.807, 2.05) is 61.5 Å². The Morgan fingerprint density at radius 2 is 1.51 bits per heavy atom. The summed E-state index contributed by atoms with van der Waals surface area (Å²) < 4.78 is 27.9. The van der Waals surface area contributed by atoms with Crippen molar-refractivity contribution in [3.63, 3.8) is 0 Å². The first-order valence-electron chi connectivity index (χ1n) is 11.5. The zero-order chi connectivity index (χ0) is 26.0. The molecule has 0 aliphatic heterocycles. The molecule has 0 saturated carbocycles. The van der Waals surface area contributed by atoms with E-state index in [0.29, 0.717) is 22.5 Å². The van der Waals surface area contributed by atoms with Gasteiger partial charge in [0.05, 0.1) is 21.7 Å². The van der Waals surface area contributed by atoms with E-state index in [0.717, 1.165) is 22.2 Å². The summed E-state index contributed by atoms with van der Waals surface area (Å²) in [5, 5.41) is 3.63. The monoisotopic (exact) mass is 509 g/mol. The fourth-order valence-corrected chi connectivity index (χ4v) is 5.02. The van der Waals surface area contributed by atoms with Crippen LogP contribution >= 0.6 is 0 Å². The summed E-state index contributed by atoms with van der Waals surface area (Å²) in [5.74, 6) is -0.318. The van der Waals surface area contributed by atoms with Crippen molar-refractivity contribution in [1.29, 1.82) is 0 Å². The average molecular weight is 510 g/mol. The van der Waals surface area contributed by atoms with Crippen LogP contribution in [-0.2, 0) is 10.0 Å². The molecule has 0 atom stereocenters. The number of carbonyl (C=O) groups is 1. The second-order valence-corrected chi connectivity index (χ2v) is 10.1. The Bertz CT molecular complexity index is 1720. The maximum atomic E-state index is 13.5. The number of pyridine rings is 1. The number of sulfonamides is 1. The number of hydrogen-bond donors (Lipinski definition) is 2. The molecule has 184 valence electrons. The highest BCUT2D eigenvalue weighted by Crippen LogP contribution is 2.30. The van der Waals surface area contributed by atoms with Crippen LogP contribution in [0, 0.1) is 13.8 Å². The Balaban J connectivity index is 1.44. The molecule has 0 bridgehead atoms. The molecule has 5 aromatic rings. The van der Waals surface area contributed by atoms with Crippen LogP contribution in [0.2, 0.25) is 0 Å². The van der Waals surface area contributed by atoms with E-state index in [4.69, 9.17) is 4.98 Å². The van der Waals surface area contributed by atoms with Gasteiger partial charge < -0.3 is 5.32 Å². The quantitative estimate of drug-likeness (QED) is 0.318. The Hall–Kier alpha value is -4.63.